The summed E-state index contributed by atoms with van der Waals surface area (Å²) in [4.78, 5) is 12.4. The number of rotatable bonds is 4. The van der Waals surface area contributed by atoms with Crippen LogP contribution in [0.3, 0.4) is 0 Å². The van der Waals surface area contributed by atoms with Gasteiger partial charge in [-0.25, -0.2) is 0 Å². The lowest BCUT2D eigenvalue weighted by Gasteiger charge is -2.11. The van der Waals surface area contributed by atoms with E-state index in [1.807, 2.05) is 18.4 Å². The van der Waals surface area contributed by atoms with Crippen LogP contribution in [-0.2, 0) is 0 Å². The summed E-state index contributed by atoms with van der Waals surface area (Å²) >= 11 is 1.65. The predicted octanol–water partition coefficient (Wildman–Crippen LogP) is 3.55. The molecular weight excluding hydrogens is 248 g/mol. The molecule has 0 radical (unpaired) electrons. The predicted molar refractivity (Wildman–Crippen MR) is 73.0 cm³/mol. The van der Waals surface area contributed by atoms with Crippen LogP contribution in [0.15, 0.2) is 23.6 Å². The minimum absolute atomic E-state index is 0.565. The maximum Gasteiger partial charge on any atom is 0.161 e. The highest BCUT2D eigenvalue weighted by Gasteiger charge is 2.13. The van der Waals surface area contributed by atoms with Crippen LogP contribution in [0.25, 0.3) is 11.1 Å². The molecule has 0 spiro atoms. The summed E-state index contributed by atoms with van der Waals surface area (Å²) in [5.41, 5.74) is 2.50. The van der Waals surface area contributed by atoms with Gasteiger partial charge < -0.3 is 9.47 Å². The van der Waals surface area contributed by atoms with Crippen molar-refractivity contribution < 1.29 is 14.3 Å². The molecule has 3 nitrogen and oxygen atoms in total. The molecule has 94 valence electrons. The van der Waals surface area contributed by atoms with Crippen molar-refractivity contribution in [3.8, 4) is 22.6 Å². The molecule has 0 amide bonds. The molecule has 1 aromatic heterocycles. The number of aryl methyl sites for hydroxylation is 1. The zero-order valence-electron chi connectivity index (χ0n) is 10.5. The number of thiophene rings is 1. The van der Waals surface area contributed by atoms with Crippen LogP contribution in [0.4, 0.5) is 0 Å². The highest BCUT2D eigenvalue weighted by Crippen LogP contribution is 2.36. The van der Waals surface area contributed by atoms with E-state index in [0.717, 1.165) is 17.4 Å². The van der Waals surface area contributed by atoms with Gasteiger partial charge >= 0.3 is 0 Å². The first-order valence-electron chi connectivity index (χ1n) is 5.46. The second-order valence-electron chi connectivity index (χ2n) is 3.86. The number of benzene rings is 1. The highest BCUT2D eigenvalue weighted by atomic mass is 32.1. The monoisotopic (exact) mass is 262 g/mol. The molecule has 18 heavy (non-hydrogen) atoms. The summed E-state index contributed by atoms with van der Waals surface area (Å²) < 4.78 is 10.5. The lowest BCUT2D eigenvalue weighted by molar-refractivity contribution is 0.112. The smallest absolute Gasteiger partial charge is 0.161 e. The lowest BCUT2D eigenvalue weighted by atomic mass is 10.0. The summed E-state index contributed by atoms with van der Waals surface area (Å²) in [7, 11) is 3.14. The van der Waals surface area contributed by atoms with E-state index in [9.17, 15) is 4.79 Å². The van der Waals surface area contributed by atoms with Crippen molar-refractivity contribution in [2.24, 2.45) is 0 Å². The standard InChI is InChI=1S/C14H14O3S/c1-9-4-11(8-18-9)12-6-14(17-3)13(16-2)5-10(12)7-15/h4-8H,1-3H3. The van der Waals surface area contributed by atoms with Crippen LogP contribution in [-0.4, -0.2) is 20.5 Å². The molecule has 0 bridgehead atoms. The first-order chi connectivity index (χ1) is 8.69. The Bertz CT molecular complexity index is 572. The molecule has 0 saturated carbocycles. The van der Waals surface area contributed by atoms with Crippen LogP contribution in [0.1, 0.15) is 15.2 Å². The Labute approximate surface area is 110 Å². The first-order valence-corrected chi connectivity index (χ1v) is 6.34. The second-order valence-corrected chi connectivity index (χ2v) is 4.97. The molecule has 2 rings (SSSR count). The minimum atomic E-state index is 0.565. The SMILES string of the molecule is COc1cc(C=O)c(-c2csc(C)c2)cc1OC. The molecule has 0 saturated heterocycles. The van der Waals surface area contributed by atoms with Crippen LogP contribution in [0, 0.1) is 6.92 Å². The van der Waals surface area contributed by atoms with Gasteiger partial charge in [0.15, 0.2) is 17.8 Å². The Kier molecular flexibility index (Phi) is 3.67. The van der Waals surface area contributed by atoms with E-state index in [4.69, 9.17) is 9.47 Å². The van der Waals surface area contributed by atoms with E-state index in [-0.39, 0.29) is 0 Å². The van der Waals surface area contributed by atoms with Crippen LogP contribution in [0.5, 0.6) is 11.5 Å². The van der Waals surface area contributed by atoms with Crippen molar-refractivity contribution >= 4 is 17.6 Å². The summed E-state index contributed by atoms with van der Waals surface area (Å²) in [6.07, 6.45) is 0.838. The van der Waals surface area contributed by atoms with E-state index in [1.54, 1.807) is 31.6 Å². The number of carbonyl (C=O) groups is 1. The summed E-state index contributed by atoms with van der Waals surface area (Å²) in [5.74, 6) is 1.19. The zero-order valence-corrected chi connectivity index (χ0v) is 11.3. The Hall–Kier alpha value is -1.81. The van der Waals surface area contributed by atoms with Crippen LogP contribution >= 0.6 is 11.3 Å². The van der Waals surface area contributed by atoms with Gasteiger partial charge in [0, 0.05) is 10.4 Å². The molecule has 0 aliphatic heterocycles. The van der Waals surface area contributed by atoms with Crippen molar-refractivity contribution in [3.63, 3.8) is 0 Å². The van der Waals surface area contributed by atoms with Gasteiger partial charge in [0.2, 0.25) is 0 Å². The number of hydrogen-bond acceptors (Lipinski definition) is 4. The molecule has 4 heteroatoms. The zero-order chi connectivity index (χ0) is 13.1. The van der Waals surface area contributed by atoms with Gasteiger partial charge in [-0.2, -0.15) is 0 Å². The largest absolute Gasteiger partial charge is 0.493 e. The highest BCUT2D eigenvalue weighted by molar-refractivity contribution is 7.10. The van der Waals surface area contributed by atoms with E-state index < -0.39 is 0 Å². The number of hydrogen-bond donors (Lipinski definition) is 0. The fourth-order valence-corrected chi connectivity index (χ4v) is 2.53. The summed E-state index contributed by atoms with van der Waals surface area (Å²) in [6, 6.07) is 5.59. The van der Waals surface area contributed by atoms with Gasteiger partial charge in [0.1, 0.15) is 0 Å². The van der Waals surface area contributed by atoms with E-state index in [0.29, 0.717) is 17.1 Å². The van der Waals surface area contributed by atoms with E-state index in [1.165, 1.54) is 4.88 Å². The Balaban J connectivity index is 2.62. The molecule has 2 aromatic rings. The molecule has 0 fully saturated rings. The van der Waals surface area contributed by atoms with Crippen molar-refractivity contribution in [3.05, 3.63) is 34.0 Å². The number of carbonyl (C=O) groups excluding carboxylic acids is 1. The average molecular weight is 262 g/mol. The summed E-state index contributed by atoms with van der Waals surface area (Å²) in [5, 5.41) is 2.03. The Morgan fingerprint density at radius 3 is 2.28 bits per heavy atom. The molecule has 1 heterocycles. The molecular formula is C14H14O3S. The number of aldehydes is 1. The lowest BCUT2D eigenvalue weighted by Crippen LogP contribution is -1.94. The average Bonchev–Trinajstić information content (AvgIpc) is 2.83. The van der Waals surface area contributed by atoms with Gasteiger partial charge in [-0.05, 0) is 41.6 Å². The maximum atomic E-state index is 11.2. The normalized spacial score (nSPS) is 10.2. The molecule has 0 atom stereocenters. The topological polar surface area (TPSA) is 35.5 Å². The van der Waals surface area contributed by atoms with Crippen LogP contribution in [0.2, 0.25) is 0 Å². The number of methoxy groups -OCH3 is 2. The third-order valence-electron chi connectivity index (χ3n) is 2.72. The van der Waals surface area contributed by atoms with Crippen molar-refractivity contribution in [1.82, 2.24) is 0 Å². The molecule has 0 aliphatic rings. The minimum Gasteiger partial charge on any atom is -0.493 e. The Morgan fingerprint density at radius 1 is 1.11 bits per heavy atom. The van der Waals surface area contributed by atoms with Crippen LogP contribution < -0.4 is 9.47 Å². The summed E-state index contributed by atoms with van der Waals surface area (Å²) in [6.45, 7) is 2.04. The van der Waals surface area contributed by atoms with E-state index >= 15 is 0 Å². The molecule has 1 aromatic carbocycles. The van der Waals surface area contributed by atoms with Crippen molar-refractivity contribution in [2.75, 3.05) is 14.2 Å². The number of ether oxygens (including phenoxy) is 2. The molecule has 0 aliphatic carbocycles. The van der Waals surface area contributed by atoms with Gasteiger partial charge in [0.05, 0.1) is 14.2 Å². The Morgan fingerprint density at radius 2 is 1.78 bits per heavy atom. The van der Waals surface area contributed by atoms with Gasteiger partial charge in [-0.15, -0.1) is 11.3 Å². The fourth-order valence-electron chi connectivity index (χ4n) is 1.83. The molecule has 0 N–H and O–H groups in total. The second kappa shape index (κ2) is 5.23. The molecule has 0 unspecified atom stereocenters. The van der Waals surface area contributed by atoms with Gasteiger partial charge in [-0.1, -0.05) is 0 Å². The van der Waals surface area contributed by atoms with Gasteiger partial charge in [0.25, 0.3) is 0 Å². The first kappa shape index (κ1) is 12.6. The van der Waals surface area contributed by atoms with E-state index in [2.05, 4.69) is 6.07 Å². The fraction of sp³-hybridized carbons (Fsp3) is 0.214. The van der Waals surface area contributed by atoms with Crippen molar-refractivity contribution in [1.29, 1.82) is 0 Å². The third kappa shape index (κ3) is 2.24. The van der Waals surface area contributed by atoms with Crippen molar-refractivity contribution in [2.45, 2.75) is 6.92 Å². The quantitative estimate of drug-likeness (QED) is 0.790. The maximum absolute atomic E-state index is 11.2. The van der Waals surface area contributed by atoms with Gasteiger partial charge in [-0.3, -0.25) is 4.79 Å². The third-order valence-corrected chi connectivity index (χ3v) is 3.59.